The van der Waals surface area contributed by atoms with Crippen molar-refractivity contribution in [3.05, 3.63) is 0 Å². The molecule has 0 saturated heterocycles. The summed E-state index contributed by atoms with van der Waals surface area (Å²) >= 11 is 0. The second-order valence-corrected chi connectivity index (χ2v) is 4.65. The van der Waals surface area contributed by atoms with E-state index in [1.54, 1.807) is 0 Å². The number of hydrogen-bond donors (Lipinski definition) is 0. The molecule has 0 aliphatic heterocycles. The summed E-state index contributed by atoms with van der Waals surface area (Å²) in [6.45, 7) is 3.91. The van der Waals surface area contributed by atoms with E-state index in [1.807, 2.05) is 6.92 Å². The van der Waals surface area contributed by atoms with Crippen molar-refractivity contribution < 1.29 is 9.53 Å². The molecule has 0 amide bonds. The van der Waals surface area contributed by atoms with Gasteiger partial charge in [0.05, 0.1) is 0 Å². The zero-order valence-electron chi connectivity index (χ0n) is 10.1. The van der Waals surface area contributed by atoms with Crippen molar-refractivity contribution in [2.24, 2.45) is 5.92 Å². The third-order valence-corrected chi connectivity index (χ3v) is 3.42. The van der Waals surface area contributed by atoms with E-state index in [-0.39, 0.29) is 12.1 Å². The maximum atomic E-state index is 11.2. The van der Waals surface area contributed by atoms with Gasteiger partial charge in [-0.15, -0.1) is 0 Å². The van der Waals surface area contributed by atoms with Crippen LogP contribution < -0.4 is 0 Å². The van der Waals surface area contributed by atoms with E-state index >= 15 is 0 Å². The van der Waals surface area contributed by atoms with E-state index in [9.17, 15) is 4.79 Å². The Kier molecular flexibility index (Phi) is 5.74. The fraction of sp³-hybridized carbons (Fsp3) is 0.923. The van der Waals surface area contributed by atoms with Crippen LogP contribution in [0.5, 0.6) is 0 Å². The van der Waals surface area contributed by atoms with Gasteiger partial charge in [0.1, 0.15) is 6.10 Å². The van der Waals surface area contributed by atoms with Crippen LogP contribution in [0.25, 0.3) is 0 Å². The first-order chi connectivity index (χ1) is 7.24. The second-order valence-electron chi connectivity index (χ2n) is 4.65. The Morgan fingerprint density at radius 3 is 2.27 bits per heavy atom. The van der Waals surface area contributed by atoms with Gasteiger partial charge in [0.25, 0.3) is 0 Å². The SMILES string of the molecule is CCC(=O)OC(C)C1CCCCCCC1. The minimum absolute atomic E-state index is 0.0513. The molecule has 2 heteroatoms. The quantitative estimate of drug-likeness (QED) is 0.667. The smallest absolute Gasteiger partial charge is 0.305 e. The molecule has 0 aromatic heterocycles. The zero-order chi connectivity index (χ0) is 11.1. The molecule has 0 aromatic rings. The highest BCUT2D eigenvalue weighted by Gasteiger charge is 2.20. The van der Waals surface area contributed by atoms with Crippen molar-refractivity contribution in [2.75, 3.05) is 0 Å². The third-order valence-electron chi connectivity index (χ3n) is 3.42. The van der Waals surface area contributed by atoms with Crippen molar-refractivity contribution in [1.29, 1.82) is 0 Å². The standard InChI is InChI=1S/C13H24O2/c1-3-13(14)15-11(2)12-9-7-5-4-6-8-10-12/h11-12H,3-10H2,1-2H3. The maximum Gasteiger partial charge on any atom is 0.305 e. The molecule has 15 heavy (non-hydrogen) atoms. The predicted octanol–water partition coefficient (Wildman–Crippen LogP) is 3.69. The Bertz CT molecular complexity index is 181. The van der Waals surface area contributed by atoms with Crippen LogP contribution in [0.4, 0.5) is 0 Å². The number of carbonyl (C=O) groups is 1. The molecule has 1 aliphatic rings. The summed E-state index contributed by atoms with van der Waals surface area (Å²) in [7, 11) is 0. The van der Waals surface area contributed by atoms with Crippen molar-refractivity contribution in [3.8, 4) is 0 Å². The lowest BCUT2D eigenvalue weighted by Crippen LogP contribution is -2.24. The van der Waals surface area contributed by atoms with E-state index in [1.165, 1.54) is 44.9 Å². The summed E-state index contributed by atoms with van der Waals surface area (Å²) < 4.78 is 5.40. The first-order valence-electron chi connectivity index (χ1n) is 6.43. The summed E-state index contributed by atoms with van der Waals surface area (Å²) in [6, 6.07) is 0. The van der Waals surface area contributed by atoms with Crippen molar-refractivity contribution in [1.82, 2.24) is 0 Å². The highest BCUT2D eigenvalue weighted by Crippen LogP contribution is 2.26. The first-order valence-corrected chi connectivity index (χ1v) is 6.43. The van der Waals surface area contributed by atoms with E-state index in [4.69, 9.17) is 4.74 Å². The largest absolute Gasteiger partial charge is 0.462 e. The van der Waals surface area contributed by atoms with Crippen LogP contribution in [0.1, 0.15) is 65.2 Å². The van der Waals surface area contributed by atoms with E-state index < -0.39 is 0 Å². The molecule has 2 nitrogen and oxygen atoms in total. The molecule has 1 aliphatic carbocycles. The Labute approximate surface area is 93.4 Å². The molecule has 1 rings (SSSR count). The Morgan fingerprint density at radius 1 is 1.20 bits per heavy atom. The van der Waals surface area contributed by atoms with Gasteiger partial charge >= 0.3 is 5.97 Å². The summed E-state index contributed by atoms with van der Waals surface area (Å²) in [5, 5.41) is 0. The van der Waals surface area contributed by atoms with Crippen LogP contribution in [-0.4, -0.2) is 12.1 Å². The molecule has 0 aromatic carbocycles. The van der Waals surface area contributed by atoms with E-state index in [2.05, 4.69) is 6.92 Å². The van der Waals surface area contributed by atoms with Crippen LogP contribution in [0, 0.1) is 5.92 Å². The van der Waals surface area contributed by atoms with Crippen molar-refractivity contribution in [3.63, 3.8) is 0 Å². The maximum absolute atomic E-state index is 11.2. The van der Waals surface area contributed by atoms with Gasteiger partial charge < -0.3 is 4.74 Å². The Hall–Kier alpha value is -0.530. The van der Waals surface area contributed by atoms with Gasteiger partial charge in [0, 0.05) is 6.42 Å². The minimum atomic E-state index is -0.0513. The molecule has 0 spiro atoms. The summed E-state index contributed by atoms with van der Waals surface area (Å²) in [4.78, 5) is 11.2. The van der Waals surface area contributed by atoms with E-state index in [0.29, 0.717) is 12.3 Å². The van der Waals surface area contributed by atoms with Crippen LogP contribution in [0.15, 0.2) is 0 Å². The molecule has 0 radical (unpaired) electrons. The number of rotatable bonds is 3. The van der Waals surface area contributed by atoms with Crippen molar-refractivity contribution in [2.45, 2.75) is 71.3 Å². The number of esters is 1. The van der Waals surface area contributed by atoms with Gasteiger partial charge in [-0.2, -0.15) is 0 Å². The molecular weight excluding hydrogens is 188 g/mol. The van der Waals surface area contributed by atoms with Crippen LogP contribution in [-0.2, 0) is 9.53 Å². The monoisotopic (exact) mass is 212 g/mol. The van der Waals surface area contributed by atoms with Gasteiger partial charge in [0.2, 0.25) is 0 Å². The van der Waals surface area contributed by atoms with Gasteiger partial charge in [-0.05, 0) is 25.7 Å². The van der Waals surface area contributed by atoms with E-state index in [0.717, 1.165) is 0 Å². The molecule has 88 valence electrons. The molecular formula is C13H24O2. The van der Waals surface area contributed by atoms with Gasteiger partial charge in [-0.25, -0.2) is 0 Å². The lowest BCUT2D eigenvalue weighted by molar-refractivity contribution is -0.150. The number of carbonyl (C=O) groups excluding carboxylic acids is 1. The minimum Gasteiger partial charge on any atom is -0.462 e. The lowest BCUT2D eigenvalue weighted by atomic mass is 9.88. The topological polar surface area (TPSA) is 26.3 Å². The molecule has 0 bridgehead atoms. The van der Waals surface area contributed by atoms with Crippen molar-refractivity contribution >= 4 is 5.97 Å². The Morgan fingerprint density at radius 2 is 1.73 bits per heavy atom. The summed E-state index contributed by atoms with van der Waals surface area (Å²) in [5.41, 5.74) is 0. The lowest BCUT2D eigenvalue weighted by Gasteiger charge is -2.25. The summed E-state index contributed by atoms with van der Waals surface area (Å²) in [5.74, 6) is 0.547. The molecule has 1 unspecified atom stereocenters. The number of hydrogen-bond acceptors (Lipinski definition) is 2. The average molecular weight is 212 g/mol. The number of ether oxygens (including phenoxy) is 1. The normalized spacial score (nSPS) is 21.5. The van der Waals surface area contributed by atoms with Gasteiger partial charge in [-0.3, -0.25) is 4.79 Å². The molecule has 0 N–H and O–H groups in total. The van der Waals surface area contributed by atoms with Crippen LogP contribution in [0.2, 0.25) is 0 Å². The summed E-state index contributed by atoms with van der Waals surface area (Å²) in [6.07, 6.45) is 9.78. The molecule has 1 fully saturated rings. The van der Waals surface area contributed by atoms with Crippen LogP contribution in [0.3, 0.4) is 0 Å². The van der Waals surface area contributed by atoms with Gasteiger partial charge in [0.15, 0.2) is 0 Å². The second kappa shape index (κ2) is 6.86. The van der Waals surface area contributed by atoms with Gasteiger partial charge in [-0.1, -0.05) is 39.0 Å². The fourth-order valence-electron chi connectivity index (χ4n) is 2.34. The third kappa shape index (κ3) is 4.67. The zero-order valence-corrected chi connectivity index (χ0v) is 10.1. The predicted molar refractivity (Wildman–Crippen MR) is 61.7 cm³/mol. The molecule has 1 saturated carbocycles. The van der Waals surface area contributed by atoms with Crippen LogP contribution >= 0.6 is 0 Å². The fourth-order valence-corrected chi connectivity index (χ4v) is 2.34. The molecule has 1 atom stereocenters. The first kappa shape index (κ1) is 12.5. The average Bonchev–Trinajstić information content (AvgIpc) is 2.16. The Balaban J connectivity index is 2.34. The highest BCUT2D eigenvalue weighted by molar-refractivity contribution is 5.69. The molecule has 0 heterocycles. The highest BCUT2D eigenvalue weighted by atomic mass is 16.5.